The van der Waals surface area contributed by atoms with Crippen LogP contribution in [0.2, 0.25) is 0 Å². The van der Waals surface area contributed by atoms with Crippen LogP contribution in [-0.4, -0.2) is 81.7 Å². The van der Waals surface area contributed by atoms with Gasteiger partial charge in [0, 0.05) is 38.2 Å². The number of halogens is 1. The number of phenols is 1. The van der Waals surface area contributed by atoms with Crippen LogP contribution >= 0.6 is 0 Å². The fourth-order valence-corrected chi connectivity index (χ4v) is 6.11. The van der Waals surface area contributed by atoms with Gasteiger partial charge in [-0.1, -0.05) is 19.1 Å². The lowest BCUT2D eigenvalue weighted by Crippen LogP contribution is -2.44. The molecule has 0 aliphatic heterocycles. The topological polar surface area (TPSA) is 63.6 Å². The van der Waals surface area contributed by atoms with E-state index in [4.69, 9.17) is 18.9 Å². The third-order valence-corrected chi connectivity index (χ3v) is 8.51. The maximum atomic E-state index is 15.1. The Morgan fingerprint density at radius 3 is 2.43 bits per heavy atom. The lowest BCUT2D eigenvalue weighted by Gasteiger charge is -2.41. The lowest BCUT2D eigenvalue weighted by atomic mass is 9.72. The molecule has 0 aromatic heterocycles. The second kappa shape index (κ2) is 15.4. The molecule has 1 N–H and O–H groups in total. The molecule has 4 rings (SSSR count). The van der Waals surface area contributed by atoms with Crippen LogP contribution in [0.4, 0.5) is 4.39 Å². The van der Waals surface area contributed by atoms with Gasteiger partial charge in [-0.15, -0.1) is 0 Å². The Balaban J connectivity index is 1.46. The number of hydrogen-bond acceptors (Lipinski definition) is 7. The number of aromatic hydroxyl groups is 1. The second-order valence-corrected chi connectivity index (χ2v) is 11.2. The average Bonchev–Trinajstić information content (AvgIpc) is 3.00. The molecule has 2 aliphatic carbocycles. The number of nitrogens with zero attached hydrogens (tertiary/aromatic N) is 2. The third kappa shape index (κ3) is 8.06. The van der Waals surface area contributed by atoms with E-state index < -0.39 is 0 Å². The van der Waals surface area contributed by atoms with Gasteiger partial charge in [-0.05, 0) is 98.8 Å². The zero-order chi connectivity index (χ0) is 30.1. The van der Waals surface area contributed by atoms with E-state index in [1.165, 1.54) is 11.1 Å². The Hall–Kier alpha value is -3.07. The largest absolute Gasteiger partial charge is 0.508 e. The van der Waals surface area contributed by atoms with Crippen LogP contribution in [0.5, 0.6) is 11.5 Å². The Labute approximate surface area is 250 Å². The van der Waals surface area contributed by atoms with Gasteiger partial charge in [0.15, 0.2) is 23.1 Å². The summed E-state index contributed by atoms with van der Waals surface area (Å²) in [6.07, 6.45) is 7.25. The average molecular weight is 583 g/mol. The van der Waals surface area contributed by atoms with Crippen LogP contribution < -0.4 is 4.74 Å². The standard InChI is InChI=1S/C34H47FN2O5/c1-6-37(23-24-8-13-32(30(35)18-24)42-17-15-36(3)14-16-41-7-2)31-22-34(40-5)33(39-4)21-29(31)27-10-9-26-20-28(38)12-11-25(26)19-27/h8,11-13,18,20-22,27,29,31,38H,6-7,9-10,14-17,19,23H2,1-5H3/t27-,29?,31?/m1/s1. The summed E-state index contributed by atoms with van der Waals surface area (Å²) in [5.74, 6) is 2.30. The van der Waals surface area contributed by atoms with E-state index in [0.717, 1.165) is 49.4 Å². The summed E-state index contributed by atoms with van der Waals surface area (Å²) in [6.45, 7) is 8.79. The fourth-order valence-electron chi connectivity index (χ4n) is 6.11. The highest BCUT2D eigenvalue weighted by Crippen LogP contribution is 2.39. The number of ether oxygens (including phenoxy) is 4. The normalized spacial score (nSPS) is 20.2. The van der Waals surface area contributed by atoms with E-state index in [0.29, 0.717) is 44.6 Å². The highest BCUT2D eigenvalue weighted by atomic mass is 19.1. The summed E-state index contributed by atoms with van der Waals surface area (Å²) in [4.78, 5) is 4.49. The Kier molecular flexibility index (Phi) is 11.7. The number of aryl methyl sites for hydroxylation is 1. The molecule has 3 atom stereocenters. The molecule has 0 amide bonds. The van der Waals surface area contributed by atoms with Gasteiger partial charge in [0.25, 0.3) is 0 Å². The predicted octanol–water partition coefficient (Wildman–Crippen LogP) is 5.56. The smallest absolute Gasteiger partial charge is 0.165 e. The molecular weight excluding hydrogens is 535 g/mol. The van der Waals surface area contributed by atoms with Crippen LogP contribution in [0.3, 0.4) is 0 Å². The molecule has 42 heavy (non-hydrogen) atoms. The molecule has 0 radical (unpaired) electrons. The summed E-state index contributed by atoms with van der Waals surface area (Å²) < 4.78 is 37.7. The van der Waals surface area contributed by atoms with E-state index in [1.54, 1.807) is 32.4 Å². The van der Waals surface area contributed by atoms with Crippen molar-refractivity contribution in [3.63, 3.8) is 0 Å². The van der Waals surface area contributed by atoms with Gasteiger partial charge < -0.3 is 29.0 Å². The number of hydrogen-bond donors (Lipinski definition) is 1. The monoisotopic (exact) mass is 582 g/mol. The summed E-state index contributed by atoms with van der Waals surface area (Å²) in [6, 6.07) is 11.1. The molecule has 8 heteroatoms. The van der Waals surface area contributed by atoms with Gasteiger partial charge in [0.1, 0.15) is 12.4 Å². The van der Waals surface area contributed by atoms with Crippen LogP contribution in [0, 0.1) is 17.7 Å². The zero-order valence-corrected chi connectivity index (χ0v) is 25.8. The summed E-state index contributed by atoms with van der Waals surface area (Å²) in [7, 11) is 5.35. The van der Waals surface area contributed by atoms with Gasteiger partial charge in [-0.25, -0.2) is 4.39 Å². The molecule has 0 spiro atoms. The van der Waals surface area contributed by atoms with Crippen molar-refractivity contribution >= 4 is 0 Å². The summed E-state index contributed by atoms with van der Waals surface area (Å²) in [5, 5.41) is 9.96. The quantitative estimate of drug-likeness (QED) is 0.276. The highest BCUT2D eigenvalue weighted by Gasteiger charge is 2.37. The number of methoxy groups -OCH3 is 2. The Morgan fingerprint density at radius 1 is 0.952 bits per heavy atom. The molecule has 0 saturated heterocycles. The van der Waals surface area contributed by atoms with Crippen molar-refractivity contribution in [1.29, 1.82) is 0 Å². The zero-order valence-electron chi connectivity index (χ0n) is 25.8. The van der Waals surface area contributed by atoms with E-state index in [1.807, 2.05) is 26.1 Å². The van der Waals surface area contributed by atoms with Gasteiger partial charge >= 0.3 is 0 Å². The van der Waals surface area contributed by atoms with Crippen molar-refractivity contribution in [3.8, 4) is 11.5 Å². The Morgan fingerprint density at radius 2 is 1.71 bits per heavy atom. The molecule has 0 heterocycles. The highest BCUT2D eigenvalue weighted by molar-refractivity contribution is 5.38. The first-order chi connectivity index (χ1) is 20.4. The van der Waals surface area contributed by atoms with Crippen molar-refractivity contribution in [2.24, 2.45) is 11.8 Å². The molecule has 2 unspecified atom stereocenters. The number of phenolic OH excluding ortho intramolecular Hbond substituents is 1. The second-order valence-electron chi connectivity index (χ2n) is 11.2. The van der Waals surface area contributed by atoms with Crippen molar-refractivity contribution < 1.29 is 28.4 Å². The molecule has 2 aromatic carbocycles. The molecule has 2 aromatic rings. The molecule has 7 nitrogen and oxygen atoms in total. The van der Waals surface area contributed by atoms with Crippen LogP contribution in [-0.2, 0) is 33.6 Å². The van der Waals surface area contributed by atoms with E-state index in [-0.39, 0.29) is 23.5 Å². The summed E-state index contributed by atoms with van der Waals surface area (Å²) >= 11 is 0. The van der Waals surface area contributed by atoms with Crippen molar-refractivity contribution in [3.05, 3.63) is 82.6 Å². The van der Waals surface area contributed by atoms with E-state index in [9.17, 15) is 5.11 Å². The van der Waals surface area contributed by atoms with Crippen LogP contribution in [0.1, 0.15) is 37.0 Å². The maximum Gasteiger partial charge on any atom is 0.165 e. The first-order valence-electron chi connectivity index (χ1n) is 15.1. The number of rotatable bonds is 15. The van der Waals surface area contributed by atoms with Gasteiger partial charge in [0.2, 0.25) is 0 Å². The number of benzene rings is 2. The van der Waals surface area contributed by atoms with Gasteiger partial charge in [-0.2, -0.15) is 0 Å². The summed E-state index contributed by atoms with van der Waals surface area (Å²) in [5.41, 5.74) is 3.41. The van der Waals surface area contributed by atoms with E-state index in [2.05, 4.69) is 34.9 Å². The SMILES string of the molecule is CCOCCN(C)CCOc1ccc(CN(CC)C2C=C(OC)C(OC)=CC2[C@@H]2CCc3cc(O)ccc3C2)cc1F. The Bertz CT molecular complexity index is 1230. The first kappa shape index (κ1) is 31.9. The maximum absolute atomic E-state index is 15.1. The lowest BCUT2D eigenvalue weighted by molar-refractivity contribution is 0.116. The molecule has 230 valence electrons. The van der Waals surface area contributed by atoms with Crippen molar-refractivity contribution in [2.45, 2.75) is 45.7 Å². The third-order valence-electron chi connectivity index (χ3n) is 8.51. The van der Waals surface area contributed by atoms with Gasteiger partial charge in [-0.3, -0.25) is 4.90 Å². The minimum Gasteiger partial charge on any atom is -0.508 e. The van der Waals surface area contributed by atoms with E-state index >= 15 is 4.39 Å². The van der Waals surface area contributed by atoms with Crippen LogP contribution in [0.15, 0.2) is 60.1 Å². The first-order valence-corrected chi connectivity index (χ1v) is 15.1. The molecular formula is C34H47FN2O5. The molecule has 0 bridgehead atoms. The van der Waals surface area contributed by atoms with Crippen molar-refractivity contribution in [1.82, 2.24) is 9.80 Å². The predicted molar refractivity (Wildman–Crippen MR) is 163 cm³/mol. The van der Waals surface area contributed by atoms with Gasteiger partial charge in [0.05, 0.1) is 20.8 Å². The minimum absolute atomic E-state index is 0.0544. The van der Waals surface area contributed by atoms with Crippen molar-refractivity contribution in [2.75, 3.05) is 60.7 Å². The fraction of sp³-hybridized carbons (Fsp3) is 0.529. The molecule has 2 aliphatic rings. The number of fused-ring (bicyclic) bond motifs is 1. The number of likely N-dealkylation sites (N-methyl/N-ethyl adjacent to an activating group) is 2. The molecule has 0 fully saturated rings. The minimum atomic E-state index is -0.345. The van der Waals surface area contributed by atoms with Crippen LogP contribution in [0.25, 0.3) is 0 Å². The molecule has 0 saturated carbocycles.